The second-order valence-electron chi connectivity index (χ2n) is 4.38. The molecule has 14 heavy (non-hydrogen) atoms. The van der Waals surface area contributed by atoms with Crippen LogP contribution in [-0.2, 0) is 0 Å². The van der Waals surface area contributed by atoms with E-state index in [0.717, 1.165) is 12.5 Å². The summed E-state index contributed by atoms with van der Waals surface area (Å²) in [6.07, 6.45) is 11.0. The molecular formula is C12H20N2. The Balaban J connectivity index is 2.04. The normalized spacial score (nSPS) is 20.9. The van der Waals surface area contributed by atoms with Crippen LogP contribution in [0.5, 0.6) is 0 Å². The fourth-order valence-corrected chi connectivity index (χ4v) is 2.70. The summed E-state index contributed by atoms with van der Waals surface area (Å²) in [5, 5.41) is 0. The Morgan fingerprint density at radius 3 is 2.71 bits per heavy atom. The zero-order valence-corrected chi connectivity index (χ0v) is 8.71. The summed E-state index contributed by atoms with van der Waals surface area (Å²) in [6.45, 7) is 0.794. The molecule has 2 heteroatoms. The SMILES string of the molecule is NCC(c1cc[nH]c1)C1CCCCC1. The Morgan fingerprint density at radius 2 is 2.14 bits per heavy atom. The summed E-state index contributed by atoms with van der Waals surface area (Å²) in [4.78, 5) is 3.13. The van der Waals surface area contributed by atoms with Crippen molar-refractivity contribution >= 4 is 0 Å². The van der Waals surface area contributed by atoms with E-state index in [1.807, 2.05) is 6.20 Å². The lowest BCUT2D eigenvalue weighted by atomic mass is 9.77. The molecule has 1 aromatic rings. The van der Waals surface area contributed by atoms with Crippen LogP contribution >= 0.6 is 0 Å². The van der Waals surface area contributed by atoms with Crippen molar-refractivity contribution in [1.82, 2.24) is 4.98 Å². The lowest BCUT2D eigenvalue weighted by molar-refractivity contribution is 0.307. The number of hydrogen-bond acceptors (Lipinski definition) is 1. The number of nitrogens with two attached hydrogens (primary N) is 1. The van der Waals surface area contributed by atoms with Gasteiger partial charge in [-0.15, -0.1) is 0 Å². The van der Waals surface area contributed by atoms with Gasteiger partial charge >= 0.3 is 0 Å². The molecule has 0 aliphatic heterocycles. The third-order valence-electron chi connectivity index (χ3n) is 3.52. The Hall–Kier alpha value is -0.760. The van der Waals surface area contributed by atoms with Crippen molar-refractivity contribution in [2.45, 2.75) is 38.0 Å². The summed E-state index contributed by atoms with van der Waals surface area (Å²) < 4.78 is 0. The first-order chi connectivity index (χ1) is 6.92. The maximum Gasteiger partial charge on any atom is 0.00407 e. The van der Waals surface area contributed by atoms with E-state index in [1.54, 1.807) is 0 Å². The average molecular weight is 192 g/mol. The van der Waals surface area contributed by atoms with Crippen LogP contribution in [0, 0.1) is 5.92 Å². The fourth-order valence-electron chi connectivity index (χ4n) is 2.70. The van der Waals surface area contributed by atoms with Crippen molar-refractivity contribution in [2.75, 3.05) is 6.54 Å². The van der Waals surface area contributed by atoms with Crippen molar-refractivity contribution in [3.8, 4) is 0 Å². The van der Waals surface area contributed by atoms with Crippen LogP contribution in [0.25, 0.3) is 0 Å². The molecule has 0 spiro atoms. The highest BCUT2D eigenvalue weighted by Gasteiger charge is 2.23. The van der Waals surface area contributed by atoms with E-state index in [1.165, 1.54) is 37.7 Å². The number of hydrogen-bond donors (Lipinski definition) is 2. The molecule has 1 aliphatic rings. The van der Waals surface area contributed by atoms with Crippen LogP contribution in [-0.4, -0.2) is 11.5 Å². The summed E-state index contributed by atoms with van der Waals surface area (Å²) in [5.74, 6) is 1.41. The highest BCUT2D eigenvalue weighted by molar-refractivity contribution is 5.16. The number of nitrogens with one attached hydrogen (secondary N) is 1. The maximum atomic E-state index is 5.88. The monoisotopic (exact) mass is 192 g/mol. The van der Waals surface area contributed by atoms with E-state index in [2.05, 4.69) is 17.2 Å². The van der Waals surface area contributed by atoms with Crippen LogP contribution in [0.4, 0.5) is 0 Å². The fraction of sp³-hybridized carbons (Fsp3) is 0.667. The van der Waals surface area contributed by atoms with Crippen LogP contribution in [0.1, 0.15) is 43.6 Å². The molecule has 0 radical (unpaired) electrons. The predicted octanol–water partition coefficient (Wildman–Crippen LogP) is 2.64. The topological polar surface area (TPSA) is 41.8 Å². The molecule has 0 bridgehead atoms. The third-order valence-corrected chi connectivity index (χ3v) is 3.52. The van der Waals surface area contributed by atoms with Gasteiger partial charge in [-0.1, -0.05) is 19.3 Å². The van der Waals surface area contributed by atoms with E-state index in [0.29, 0.717) is 5.92 Å². The van der Waals surface area contributed by atoms with Gasteiger partial charge in [0.25, 0.3) is 0 Å². The molecule has 2 nitrogen and oxygen atoms in total. The molecule has 1 atom stereocenters. The lowest BCUT2D eigenvalue weighted by Gasteiger charge is -2.28. The van der Waals surface area contributed by atoms with Gasteiger partial charge in [-0.05, 0) is 36.9 Å². The quantitative estimate of drug-likeness (QED) is 0.759. The third kappa shape index (κ3) is 2.01. The Kier molecular flexibility index (Phi) is 3.25. The van der Waals surface area contributed by atoms with Gasteiger partial charge in [-0.2, -0.15) is 0 Å². The van der Waals surface area contributed by atoms with Gasteiger partial charge in [0, 0.05) is 18.3 Å². The van der Waals surface area contributed by atoms with Gasteiger partial charge < -0.3 is 10.7 Å². The highest BCUT2D eigenvalue weighted by atomic mass is 14.6. The molecule has 3 N–H and O–H groups in total. The van der Waals surface area contributed by atoms with Crippen LogP contribution < -0.4 is 5.73 Å². The van der Waals surface area contributed by atoms with Crippen molar-refractivity contribution < 1.29 is 0 Å². The summed E-state index contributed by atoms with van der Waals surface area (Å²) >= 11 is 0. The van der Waals surface area contributed by atoms with Crippen molar-refractivity contribution in [1.29, 1.82) is 0 Å². The zero-order chi connectivity index (χ0) is 9.80. The molecule has 2 rings (SSSR count). The molecule has 1 heterocycles. The first-order valence-electron chi connectivity index (χ1n) is 5.74. The summed E-state index contributed by atoms with van der Waals surface area (Å²) in [5.41, 5.74) is 7.28. The Labute approximate surface area is 85.9 Å². The molecule has 1 fully saturated rings. The Morgan fingerprint density at radius 1 is 1.36 bits per heavy atom. The van der Waals surface area contributed by atoms with Crippen molar-refractivity contribution in [3.63, 3.8) is 0 Å². The summed E-state index contributed by atoms with van der Waals surface area (Å²) in [6, 6.07) is 2.17. The molecule has 1 saturated carbocycles. The zero-order valence-electron chi connectivity index (χ0n) is 8.71. The molecule has 0 amide bonds. The van der Waals surface area contributed by atoms with Crippen molar-refractivity contribution in [2.24, 2.45) is 11.7 Å². The van der Waals surface area contributed by atoms with Gasteiger partial charge in [-0.25, -0.2) is 0 Å². The van der Waals surface area contributed by atoms with Crippen LogP contribution in [0.15, 0.2) is 18.5 Å². The molecule has 1 aromatic heterocycles. The first kappa shape index (κ1) is 9.78. The minimum absolute atomic E-state index is 0.585. The second kappa shape index (κ2) is 4.65. The lowest BCUT2D eigenvalue weighted by Crippen LogP contribution is -2.23. The highest BCUT2D eigenvalue weighted by Crippen LogP contribution is 2.35. The maximum absolute atomic E-state index is 5.88. The first-order valence-corrected chi connectivity index (χ1v) is 5.74. The molecule has 78 valence electrons. The molecule has 0 aromatic carbocycles. The van der Waals surface area contributed by atoms with Gasteiger partial charge in [-0.3, -0.25) is 0 Å². The number of aromatic nitrogens is 1. The van der Waals surface area contributed by atoms with Gasteiger partial charge in [0.2, 0.25) is 0 Å². The minimum atomic E-state index is 0.585. The van der Waals surface area contributed by atoms with Gasteiger partial charge in [0.1, 0.15) is 0 Å². The van der Waals surface area contributed by atoms with E-state index >= 15 is 0 Å². The second-order valence-corrected chi connectivity index (χ2v) is 4.38. The summed E-state index contributed by atoms with van der Waals surface area (Å²) in [7, 11) is 0. The molecular weight excluding hydrogens is 172 g/mol. The average Bonchev–Trinajstić information content (AvgIpc) is 2.74. The molecule has 0 saturated heterocycles. The van der Waals surface area contributed by atoms with Gasteiger partial charge in [0.15, 0.2) is 0 Å². The smallest absolute Gasteiger partial charge is 0.00407 e. The van der Waals surface area contributed by atoms with E-state index in [-0.39, 0.29) is 0 Å². The van der Waals surface area contributed by atoms with Crippen LogP contribution in [0.2, 0.25) is 0 Å². The predicted molar refractivity (Wildman–Crippen MR) is 59.2 cm³/mol. The minimum Gasteiger partial charge on any atom is -0.367 e. The van der Waals surface area contributed by atoms with Crippen molar-refractivity contribution in [3.05, 3.63) is 24.0 Å². The van der Waals surface area contributed by atoms with Crippen LogP contribution in [0.3, 0.4) is 0 Å². The molecule has 1 unspecified atom stereocenters. The van der Waals surface area contributed by atoms with E-state index in [9.17, 15) is 0 Å². The standard InChI is InChI=1S/C12H20N2/c13-8-12(11-6-7-14-9-11)10-4-2-1-3-5-10/h6-7,9-10,12,14H,1-5,8,13H2. The number of H-pyrrole nitrogens is 1. The number of rotatable bonds is 3. The largest absolute Gasteiger partial charge is 0.367 e. The molecule has 1 aliphatic carbocycles. The number of aromatic amines is 1. The Bertz CT molecular complexity index is 247. The van der Waals surface area contributed by atoms with Gasteiger partial charge in [0.05, 0.1) is 0 Å². The van der Waals surface area contributed by atoms with E-state index in [4.69, 9.17) is 5.73 Å². The van der Waals surface area contributed by atoms with E-state index < -0.39 is 0 Å².